The zero-order chi connectivity index (χ0) is 13.9. The molecule has 1 aromatic carbocycles. The van der Waals surface area contributed by atoms with E-state index in [0.717, 1.165) is 16.3 Å². The molecule has 0 aliphatic carbocycles. The van der Waals surface area contributed by atoms with Crippen LogP contribution in [-0.4, -0.2) is 41.4 Å². The van der Waals surface area contributed by atoms with E-state index in [1.165, 1.54) is 4.80 Å². The van der Waals surface area contributed by atoms with Crippen LogP contribution in [0.5, 0.6) is 0 Å². The van der Waals surface area contributed by atoms with Crippen molar-refractivity contribution in [3.05, 3.63) is 28.7 Å². The zero-order valence-electron chi connectivity index (χ0n) is 10.1. The van der Waals surface area contributed by atoms with E-state index in [4.69, 9.17) is 0 Å². The van der Waals surface area contributed by atoms with Crippen LogP contribution in [0.3, 0.4) is 0 Å². The summed E-state index contributed by atoms with van der Waals surface area (Å²) in [5.74, 6) is 0.506. The van der Waals surface area contributed by atoms with Gasteiger partial charge in [0.15, 0.2) is 0 Å². The van der Waals surface area contributed by atoms with Gasteiger partial charge in [-0.25, -0.2) is 13.1 Å². The van der Waals surface area contributed by atoms with Gasteiger partial charge in [0, 0.05) is 16.6 Å². The third-order valence-electron chi connectivity index (χ3n) is 2.23. The third-order valence-corrected chi connectivity index (χ3v) is 3.49. The van der Waals surface area contributed by atoms with Crippen molar-refractivity contribution in [3.63, 3.8) is 0 Å². The van der Waals surface area contributed by atoms with Gasteiger partial charge in [-0.1, -0.05) is 15.9 Å². The van der Waals surface area contributed by atoms with Crippen LogP contribution in [-0.2, 0) is 16.6 Å². The van der Waals surface area contributed by atoms with Crippen LogP contribution in [0.15, 0.2) is 28.7 Å². The molecule has 0 spiro atoms. The number of nitrogens with one attached hydrogen (secondary N) is 1. The molecule has 2 rings (SSSR count). The van der Waals surface area contributed by atoms with Crippen LogP contribution >= 0.6 is 15.9 Å². The monoisotopic (exact) mass is 345 g/mol. The van der Waals surface area contributed by atoms with Crippen molar-refractivity contribution in [1.29, 1.82) is 0 Å². The Morgan fingerprint density at radius 3 is 2.63 bits per heavy atom. The Labute approximate surface area is 119 Å². The molecule has 1 N–H and O–H groups in total. The lowest BCUT2D eigenvalue weighted by Crippen LogP contribution is -2.26. The van der Waals surface area contributed by atoms with Gasteiger partial charge in [-0.15, -0.1) is 10.2 Å². The van der Waals surface area contributed by atoms with E-state index in [-0.39, 0.29) is 6.54 Å². The number of sulfonamides is 1. The number of benzene rings is 1. The predicted molar refractivity (Wildman–Crippen MR) is 73.8 cm³/mol. The maximum Gasteiger partial charge on any atom is 0.208 e. The lowest BCUT2D eigenvalue weighted by atomic mass is 10.2. The highest BCUT2D eigenvalue weighted by molar-refractivity contribution is 9.10. The summed E-state index contributed by atoms with van der Waals surface area (Å²) in [6.07, 6.45) is 1.11. The van der Waals surface area contributed by atoms with Gasteiger partial charge in [-0.3, -0.25) is 0 Å². The van der Waals surface area contributed by atoms with E-state index in [9.17, 15) is 8.42 Å². The first kappa shape index (κ1) is 14.1. The Kier molecular flexibility index (Phi) is 4.27. The molecule has 0 radical (unpaired) electrons. The van der Waals surface area contributed by atoms with E-state index >= 15 is 0 Å². The second-order valence-corrected chi connectivity index (χ2v) is 6.63. The molecule has 7 nitrogen and oxygen atoms in total. The average Bonchev–Trinajstić information content (AvgIpc) is 2.77. The summed E-state index contributed by atoms with van der Waals surface area (Å²) in [6, 6.07) is 7.53. The fourth-order valence-corrected chi connectivity index (χ4v) is 2.11. The molecule has 0 amide bonds. The predicted octanol–water partition coefficient (Wildman–Crippen LogP) is 0.652. The summed E-state index contributed by atoms with van der Waals surface area (Å²) in [4.78, 5) is 1.36. The molecule has 0 saturated heterocycles. The highest BCUT2D eigenvalue weighted by Crippen LogP contribution is 2.17. The second kappa shape index (κ2) is 5.76. The van der Waals surface area contributed by atoms with Crippen molar-refractivity contribution >= 4 is 26.0 Å². The van der Waals surface area contributed by atoms with Gasteiger partial charge < -0.3 is 0 Å². The fourth-order valence-electron chi connectivity index (χ4n) is 1.38. The van der Waals surface area contributed by atoms with E-state index in [0.29, 0.717) is 12.4 Å². The van der Waals surface area contributed by atoms with Gasteiger partial charge in [0.25, 0.3) is 0 Å². The molecule has 1 heterocycles. The molecule has 0 saturated carbocycles. The molecule has 2 aromatic rings. The van der Waals surface area contributed by atoms with Gasteiger partial charge in [-0.05, 0) is 29.5 Å². The Morgan fingerprint density at radius 1 is 1.32 bits per heavy atom. The van der Waals surface area contributed by atoms with Gasteiger partial charge in [0.2, 0.25) is 15.8 Å². The highest BCUT2D eigenvalue weighted by Gasteiger charge is 2.06. The number of aromatic nitrogens is 4. The number of nitrogens with zero attached hydrogens (tertiary/aromatic N) is 4. The number of hydrogen-bond acceptors (Lipinski definition) is 5. The van der Waals surface area contributed by atoms with E-state index in [1.807, 2.05) is 24.3 Å². The molecule has 0 fully saturated rings. The first-order valence-electron chi connectivity index (χ1n) is 5.42. The maximum absolute atomic E-state index is 10.9. The molecule has 19 heavy (non-hydrogen) atoms. The van der Waals surface area contributed by atoms with Crippen LogP contribution in [0.1, 0.15) is 0 Å². The standard InChI is InChI=1S/C10H12BrN5O2S/c1-19(17,18)12-6-7-16-14-10(13-15-16)8-2-4-9(11)5-3-8/h2-5,12H,6-7H2,1H3. The summed E-state index contributed by atoms with van der Waals surface area (Å²) in [6.45, 7) is 0.561. The molecule has 0 bridgehead atoms. The Balaban J connectivity index is 2.01. The first-order valence-corrected chi connectivity index (χ1v) is 8.11. The van der Waals surface area contributed by atoms with Gasteiger partial charge in [0.1, 0.15) is 0 Å². The minimum atomic E-state index is -3.19. The van der Waals surface area contributed by atoms with Crippen molar-refractivity contribution in [1.82, 2.24) is 24.9 Å². The van der Waals surface area contributed by atoms with Gasteiger partial charge in [-0.2, -0.15) is 4.80 Å². The maximum atomic E-state index is 10.9. The molecule has 0 atom stereocenters. The summed E-state index contributed by atoms with van der Waals surface area (Å²) >= 11 is 3.35. The number of tetrazole rings is 1. The molecular formula is C10H12BrN5O2S. The molecule has 0 aliphatic heterocycles. The van der Waals surface area contributed by atoms with E-state index < -0.39 is 10.0 Å². The van der Waals surface area contributed by atoms with Crippen molar-refractivity contribution in [2.24, 2.45) is 0 Å². The first-order chi connectivity index (χ1) is 8.94. The summed E-state index contributed by atoms with van der Waals surface area (Å²) in [5.41, 5.74) is 0.852. The zero-order valence-corrected chi connectivity index (χ0v) is 12.5. The second-order valence-electron chi connectivity index (χ2n) is 3.88. The topological polar surface area (TPSA) is 89.8 Å². The molecule has 0 aliphatic rings. The highest BCUT2D eigenvalue weighted by atomic mass is 79.9. The smallest absolute Gasteiger partial charge is 0.208 e. The van der Waals surface area contributed by atoms with Crippen molar-refractivity contribution in [2.45, 2.75) is 6.54 Å². The normalized spacial score (nSPS) is 11.7. The van der Waals surface area contributed by atoms with Gasteiger partial charge in [0.05, 0.1) is 12.8 Å². The Bertz CT molecular complexity index is 653. The number of halogens is 1. The Morgan fingerprint density at radius 2 is 2.00 bits per heavy atom. The molecule has 1 aromatic heterocycles. The summed E-state index contributed by atoms with van der Waals surface area (Å²) in [7, 11) is -3.19. The van der Waals surface area contributed by atoms with Crippen LogP contribution in [0, 0.1) is 0 Å². The van der Waals surface area contributed by atoms with Crippen LogP contribution < -0.4 is 4.72 Å². The van der Waals surface area contributed by atoms with Crippen LogP contribution in [0.2, 0.25) is 0 Å². The van der Waals surface area contributed by atoms with E-state index in [1.54, 1.807) is 0 Å². The number of hydrogen-bond donors (Lipinski definition) is 1. The average molecular weight is 346 g/mol. The summed E-state index contributed by atoms with van der Waals surface area (Å²) < 4.78 is 25.1. The van der Waals surface area contributed by atoms with Crippen LogP contribution in [0.4, 0.5) is 0 Å². The molecule has 0 unspecified atom stereocenters. The largest absolute Gasteiger partial charge is 0.214 e. The quantitative estimate of drug-likeness (QED) is 0.859. The SMILES string of the molecule is CS(=O)(=O)NCCn1nnc(-c2ccc(Br)cc2)n1. The van der Waals surface area contributed by atoms with Crippen LogP contribution in [0.25, 0.3) is 11.4 Å². The molecule has 102 valence electrons. The van der Waals surface area contributed by atoms with Crippen molar-refractivity contribution in [2.75, 3.05) is 12.8 Å². The number of rotatable bonds is 5. The summed E-state index contributed by atoms with van der Waals surface area (Å²) in [5, 5.41) is 12.0. The third kappa shape index (κ3) is 4.37. The van der Waals surface area contributed by atoms with Crippen molar-refractivity contribution < 1.29 is 8.42 Å². The molecule has 9 heteroatoms. The van der Waals surface area contributed by atoms with Gasteiger partial charge >= 0.3 is 0 Å². The van der Waals surface area contributed by atoms with Crippen molar-refractivity contribution in [3.8, 4) is 11.4 Å². The Hall–Kier alpha value is -1.32. The minimum Gasteiger partial charge on any atom is -0.214 e. The van der Waals surface area contributed by atoms with E-state index in [2.05, 4.69) is 36.1 Å². The minimum absolute atomic E-state index is 0.231. The lowest BCUT2D eigenvalue weighted by molar-refractivity contribution is 0.512. The lowest BCUT2D eigenvalue weighted by Gasteiger charge is -2.00. The molecular weight excluding hydrogens is 334 g/mol. The fraction of sp³-hybridized carbons (Fsp3) is 0.300.